The van der Waals surface area contributed by atoms with Gasteiger partial charge >= 0.3 is 0 Å². The van der Waals surface area contributed by atoms with Gasteiger partial charge in [0, 0.05) is 28.8 Å². The van der Waals surface area contributed by atoms with E-state index in [4.69, 9.17) is 11.6 Å². The summed E-state index contributed by atoms with van der Waals surface area (Å²) in [6.07, 6.45) is 1.85. The summed E-state index contributed by atoms with van der Waals surface area (Å²) >= 11 is 6.04. The normalized spacial score (nSPS) is 10.7. The van der Waals surface area contributed by atoms with Crippen molar-refractivity contribution in [3.63, 3.8) is 0 Å². The summed E-state index contributed by atoms with van der Waals surface area (Å²) in [5, 5.41) is 5.38. The molecule has 0 atom stereocenters. The van der Waals surface area contributed by atoms with Gasteiger partial charge in [-0.25, -0.2) is 0 Å². The highest BCUT2D eigenvalue weighted by Gasteiger charge is 2.03. The Labute approximate surface area is 123 Å². The SMILES string of the molecule is Cc1ccc(Cl)cc1NCc1ccnc2ccccc12. The van der Waals surface area contributed by atoms with Crippen LogP contribution in [0.15, 0.2) is 54.7 Å². The van der Waals surface area contributed by atoms with Crippen molar-refractivity contribution in [2.24, 2.45) is 0 Å². The van der Waals surface area contributed by atoms with Crippen LogP contribution in [0.25, 0.3) is 10.9 Å². The maximum atomic E-state index is 6.04. The molecule has 0 bridgehead atoms. The van der Waals surface area contributed by atoms with Crippen LogP contribution < -0.4 is 5.32 Å². The highest BCUT2D eigenvalue weighted by atomic mass is 35.5. The molecule has 0 radical (unpaired) electrons. The Hall–Kier alpha value is -2.06. The first-order valence-electron chi connectivity index (χ1n) is 6.57. The van der Waals surface area contributed by atoms with Gasteiger partial charge in [-0.3, -0.25) is 4.98 Å². The Kier molecular flexibility index (Phi) is 3.57. The summed E-state index contributed by atoms with van der Waals surface area (Å²) in [4.78, 5) is 4.38. The van der Waals surface area contributed by atoms with Crippen molar-refractivity contribution in [3.05, 3.63) is 70.9 Å². The van der Waals surface area contributed by atoms with Crippen LogP contribution >= 0.6 is 11.6 Å². The zero-order chi connectivity index (χ0) is 13.9. The standard InChI is InChI=1S/C17H15ClN2/c1-12-6-7-14(18)10-17(12)20-11-13-8-9-19-16-5-3-2-4-15(13)16/h2-10,20H,11H2,1H3. The Bertz CT molecular complexity index is 748. The Morgan fingerprint density at radius 3 is 2.85 bits per heavy atom. The Morgan fingerprint density at radius 1 is 1.10 bits per heavy atom. The molecule has 0 saturated heterocycles. The number of fused-ring (bicyclic) bond motifs is 1. The fraction of sp³-hybridized carbons (Fsp3) is 0.118. The predicted octanol–water partition coefficient (Wildman–Crippen LogP) is 4.81. The number of nitrogens with zero attached hydrogens (tertiary/aromatic N) is 1. The second-order valence-electron chi connectivity index (χ2n) is 4.80. The van der Waals surface area contributed by atoms with Crippen molar-refractivity contribution < 1.29 is 0 Å². The third-order valence-corrected chi connectivity index (χ3v) is 3.64. The molecule has 0 fully saturated rings. The van der Waals surface area contributed by atoms with E-state index >= 15 is 0 Å². The highest BCUT2D eigenvalue weighted by Crippen LogP contribution is 2.22. The molecule has 0 aliphatic carbocycles. The fourth-order valence-electron chi connectivity index (χ4n) is 2.28. The van der Waals surface area contributed by atoms with E-state index in [0.29, 0.717) is 0 Å². The van der Waals surface area contributed by atoms with Crippen molar-refractivity contribution in [1.29, 1.82) is 0 Å². The molecular weight excluding hydrogens is 268 g/mol. The average molecular weight is 283 g/mol. The van der Waals surface area contributed by atoms with Crippen LogP contribution in [0.5, 0.6) is 0 Å². The maximum absolute atomic E-state index is 6.04. The molecule has 0 aliphatic rings. The summed E-state index contributed by atoms with van der Waals surface area (Å²) in [7, 11) is 0. The van der Waals surface area contributed by atoms with Crippen molar-refractivity contribution in [2.75, 3.05) is 5.32 Å². The molecule has 0 amide bonds. The van der Waals surface area contributed by atoms with Crippen molar-refractivity contribution in [2.45, 2.75) is 13.5 Å². The lowest BCUT2D eigenvalue weighted by Gasteiger charge is -2.11. The molecule has 0 unspecified atom stereocenters. The minimum absolute atomic E-state index is 0.748. The van der Waals surface area contributed by atoms with E-state index in [0.717, 1.165) is 22.8 Å². The van der Waals surface area contributed by atoms with Crippen LogP contribution in [0.3, 0.4) is 0 Å². The van der Waals surface area contributed by atoms with Gasteiger partial charge in [-0.05, 0) is 42.3 Å². The largest absolute Gasteiger partial charge is 0.381 e. The number of pyridine rings is 1. The van der Waals surface area contributed by atoms with E-state index in [1.807, 2.05) is 42.6 Å². The molecule has 2 nitrogen and oxygen atoms in total. The number of aromatic nitrogens is 1. The van der Waals surface area contributed by atoms with E-state index < -0.39 is 0 Å². The zero-order valence-corrected chi connectivity index (χ0v) is 12.0. The second kappa shape index (κ2) is 5.51. The van der Waals surface area contributed by atoms with Crippen molar-refractivity contribution in [3.8, 4) is 0 Å². The molecule has 0 saturated carbocycles. The summed E-state index contributed by atoms with van der Waals surface area (Å²) in [5.74, 6) is 0. The van der Waals surface area contributed by atoms with Gasteiger partial charge in [0.2, 0.25) is 0 Å². The van der Waals surface area contributed by atoms with Gasteiger partial charge in [-0.1, -0.05) is 35.9 Å². The number of benzene rings is 2. The smallest absolute Gasteiger partial charge is 0.0705 e. The Morgan fingerprint density at radius 2 is 1.95 bits per heavy atom. The second-order valence-corrected chi connectivity index (χ2v) is 5.24. The molecule has 1 heterocycles. The predicted molar refractivity (Wildman–Crippen MR) is 85.3 cm³/mol. The van der Waals surface area contributed by atoms with E-state index in [-0.39, 0.29) is 0 Å². The lowest BCUT2D eigenvalue weighted by molar-refractivity contribution is 1.15. The number of aryl methyl sites for hydroxylation is 1. The minimum Gasteiger partial charge on any atom is -0.381 e. The number of hydrogen-bond acceptors (Lipinski definition) is 2. The first kappa shape index (κ1) is 12.9. The van der Waals surface area contributed by atoms with Crippen LogP contribution in [-0.2, 0) is 6.54 Å². The molecule has 1 N–H and O–H groups in total. The van der Waals surface area contributed by atoms with Gasteiger partial charge in [0.15, 0.2) is 0 Å². The summed E-state index contributed by atoms with van der Waals surface area (Å²) in [5.41, 5.74) is 4.51. The third kappa shape index (κ3) is 2.61. The first-order chi connectivity index (χ1) is 9.74. The van der Waals surface area contributed by atoms with Gasteiger partial charge in [-0.2, -0.15) is 0 Å². The molecule has 100 valence electrons. The maximum Gasteiger partial charge on any atom is 0.0705 e. The third-order valence-electron chi connectivity index (χ3n) is 3.41. The molecule has 3 heteroatoms. The number of nitrogens with one attached hydrogen (secondary N) is 1. The Balaban J connectivity index is 1.89. The number of halogens is 1. The average Bonchev–Trinajstić information content (AvgIpc) is 2.48. The van der Waals surface area contributed by atoms with Crippen LogP contribution in [0, 0.1) is 6.92 Å². The van der Waals surface area contributed by atoms with E-state index in [1.54, 1.807) is 0 Å². The minimum atomic E-state index is 0.748. The molecule has 3 rings (SSSR count). The van der Waals surface area contributed by atoms with Crippen molar-refractivity contribution in [1.82, 2.24) is 4.98 Å². The number of anilines is 1. The molecule has 0 aliphatic heterocycles. The molecule has 3 aromatic rings. The monoisotopic (exact) mass is 282 g/mol. The van der Waals surface area contributed by atoms with Crippen LogP contribution in [0.1, 0.15) is 11.1 Å². The summed E-state index contributed by atoms with van der Waals surface area (Å²) in [6.45, 7) is 2.83. The topological polar surface area (TPSA) is 24.9 Å². The van der Waals surface area contributed by atoms with Crippen LogP contribution in [0.4, 0.5) is 5.69 Å². The summed E-state index contributed by atoms with van der Waals surface area (Å²) < 4.78 is 0. The molecule has 0 spiro atoms. The molecular formula is C17H15ClN2. The lowest BCUT2D eigenvalue weighted by Crippen LogP contribution is -2.02. The zero-order valence-electron chi connectivity index (χ0n) is 11.2. The quantitative estimate of drug-likeness (QED) is 0.746. The van der Waals surface area contributed by atoms with Crippen molar-refractivity contribution >= 4 is 28.2 Å². The lowest BCUT2D eigenvalue weighted by atomic mass is 10.1. The van der Waals surface area contributed by atoms with Gasteiger partial charge in [0.1, 0.15) is 0 Å². The molecule has 20 heavy (non-hydrogen) atoms. The van der Waals surface area contributed by atoms with Crippen LogP contribution in [-0.4, -0.2) is 4.98 Å². The van der Waals surface area contributed by atoms with E-state index in [9.17, 15) is 0 Å². The van der Waals surface area contributed by atoms with Gasteiger partial charge in [-0.15, -0.1) is 0 Å². The number of para-hydroxylation sites is 1. The number of rotatable bonds is 3. The van der Waals surface area contributed by atoms with Gasteiger partial charge < -0.3 is 5.32 Å². The summed E-state index contributed by atoms with van der Waals surface area (Å²) in [6, 6.07) is 16.1. The van der Waals surface area contributed by atoms with Crippen LogP contribution in [0.2, 0.25) is 5.02 Å². The van der Waals surface area contributed by atoms with E-state index in [1.165, 1.54) is 16.5 Å². The van der Waals surface area contributed by atoms with E-state index in [2.05, 4.69) is 29.4 Å². The van der Waals surface area contributed by atoms with Gasteiger partial charge in [0.05, 0.1) is 5.52 Å². The number of hydrogen-bond donors (Lipinski definition) is 1. The fourth-order valence-corrected chi connectivity index (χ4v) is 2.46. The first-order valence-corrected chi connectivity index (χ1v) is 6.94. The molecule has 2 aromatic carbocycles. The highest BCUT2D eigenvalue weighted by molar-refractivity contribution is 6.30. The molecule has 1 aromatic heterocycles. The van der Waals surface area contributed by atoms with Gasteiger partial charge in [0.25, 0.3) is 0 Å².